The molecule has 1 atom stereocenters. The second-order valence-electron chi connectivity index (χ2n) is 1.51. The number of ether oxygens (including phenoxy) is 1. The molecule has 0 amide bonds. The Morgan fingerprint density at radius 1 is 1.73 bits per heavy atom. The van der Waals surface area contributed by atoms with Crippen molar-refractivity contribution in [2.24, 2.45) is 0 Å². The third-order valence-electron chi connectivity index (χ3n) is 0.674. The molecule has 0 aliphatic rings. The number of rotatable bonds is 4. The third kappa shape index (κ3) is 6.51. The molecule has 0 radical (unpaired) electrons. The van der Waals surface area contributed by atoms with Crippen molar-refractivity contribution in [1.29, 1.82) is 0 Å². The zero-order valence-corrected chi connectivity index (χ0v) is 11.7. The Morgan fingerprint density at radius 3 is 2.64 bits per heavy atom. The van der Waals surface area contributed by atoms with Gasteiger partial charge in [-0.05, 0) is 49.3 Å². The van der Waals surface area contributed by atoms with E-state index in [1.165, 1.54) is 0 Å². The molecule has 1 unspecified atom stereocenters. The predicted octanol–water partition coefficient (Wildman–Crippen LogP) is 2.56. The number of carboxylic acid groups (broad SMARTS) is 1. The van der Waals surface area contributed by atoms with Crippen molar-refractivity contribution in [3.8, 4) is 0 Å². The molecule has 0 fully saturated rings. The fourth-order valence-electron chi connectivity index (χ4n) is 0.274. The number of hydrogen-bond donors (Lipinski definition) is 1. The fourth-order valence-corrected chi connectivity index (χ4v) is 1.83. The molecule has 0 aromatic carbocycles. The van der Waals surface area contributed by atoms with Crippen LogP contribution in [0.3, 0.4) is 0 Å². The summed E-state index contributed by atoms with van der Waals surface area (Å²) in [4.78, 5) is 10.1. The van der Waals surface area contributed by atoms with E-state index in [-0.39, 0.29) is 10.7 Å². The molecule has 0 spiro atoms. The van der Waals surface area contributed by atoms with Crippen LogP contribution in [-0.2, 0) is 9.53 Å². The van der Waals surface area contributed by atoms with E-state index in [9.17, 15) is 4.79 Å². The SMILES string of the molecule is O=C(O)COC(I)C(I)=CI. The van der Waals surface area contributed by atoms with Gasteiger partial charge >= 0.3 is 5.97 Å². The van der Waals surface area contributed by atoms with Gasteiger partial charge in [-0.25, -0.2) is 4.79 Å². The van der Waals surface area contributed by atoms with Crippen molar-refractivity contribution in [2.45, 2.75) is 4.11 Å². The normalized spacial score (nSPS) is 14.6. The summed E-state index contributed by atoms with van der Waals surface area (Å²) < 4.78 is 7.66. The van der Waals surface area contributed by atoms with E-state index in [2.05, 4.69) is 45.2 Å². The summed E-state index contributed by atoms with van der Waals surface area (Å²) in [5.74, 6) is -0.940. The van der Waals surface area contributed by atoms with Gasteiger partial charge in [0.15, 0.2) is 0 Å². The standard InChI is InChI=1S/C5H5I3O3/c6-1-3(7)5(8)11-2-4(9)10/h1,5H,2H2,(H,9,10). The summed E-state index contributed by atoms with van der Waals surface area (Å²) in [6.45, 7) is -0.245. The fraction of sp³-hybridized carbons (Fsp3) is 0.400. The molecule has 3 nitrogen and oxygen atoms in total. The highest BCUT2D eigenvalue weighted by Gasteiger charge is 2.08. The summed E-state index contributed by atoms with van der Waals surface area (Å²) in [6, 6.07) is 0. The maximum Gasteiger partial charge on any atom is 0.329 e. The molecule has 1 N–H and O–H groups in total. The Balaban J connectivity index is 3.69. The minimum Gasteiger partial charge on any atom is -0.480 e. The zero-order chi connectivity index (χ0) is 8.85. The Morgan fingerprint density at radius 2 is 2.27 bits per heavy atom. The van der Waals surface area contributed by atoms with Gasteiger partial charge in [-0.3, -0.25) is 0 Å². The van der Waals surface area contributed by atoms with Gasteiger partial charge in [0.2, 0.25) is 0 Å². The summed E-state index contributed by atoms with van der Waals surface area (Å²) in [5.41, 5.74) is 0. The van der Waals surface area contributed by atoms with Gasteiger partial charge in [0.25, 0.3) is 0 Å². The summed E-state index contributed by atoms with van der Waals surface area (Å²) in [5, 5.41) is 8.26. The van der Waals surface area contributed by atoms with E-state index >= 15 is 0 Å². The van der Waals surface area contributed by atoms with Gasteiger partial charge in [-0.15, -0.1) is 0 Å². The maximum atomic E-state index is 10.1. The van der Waals surface area contributed by atoms with Gasteiger partial charge in [0, 0.05) is 3.58 Å². The van der Waals surface area contributed by atoms with Crippen molar-refractivity contribution >= 4 is 73.7 Å². The Kier molecular flexibility index (Phi) is 7.68. The molecule has 0 aromatic rings. The molecule has 64 valence electrons. The smallest absolute Gasteiger partial charge is 0.329 e. The number of carbonyl (C=O) groups is 1. The van der Waals surface area contributed by atoms with Gasteiger partial charge in [-0.1, -0.05) is 22.6 Å². The van der Waals surface area contributed by atoms with Gasteiger partial charge in [0.05, 0.1) is 0 Å². The molecule has 0 saturated heterocycles. The number of alkyl halides is 1. The Hall–Kier alpha value is 1.36. The monoisotopic (exact) mass is 494 g/mol. The first-order valence-electron chi connectivity index (χ1n) is 2.51. The van der Waals surface area contributed by atoms with Crippen LogP contribution in [0, 0.1) is 0 Å². The molecule has 0 saturated carbocycles. The summed E-state index contributed by atoms with van der Waals surface area (Å²) in [7, 11) is 0. The van der Waals surface area contributed by atoms with E-state index in [0.717, 1.165) is 3.58 Å². The predicted molar refractivity (Wildman–Crippen MR) is 67.5 cm³/mol. The minimum absolute atomic E-state index is 0.152. The van der Waals surface area contributed by atoms with Crippen LogP contribution in [0.5, 0.6) is 0 Å². The average molecular weight is 494 g/mol. The van der Waals surface area contributed by atoms with Crippen molar-refractivity contribution in [3.63, 3.8) is 0 Å². The lowest BCUT2D eigenvalue weighted by Crippen LogP contribution is -2.12. The highest BCUT2D eigenvalue weighted by atomic mass is 127. The zero-order valence-electron chi connectivity index (χ0n) is 5.26. The molecule has 0 rings (SSSR count). The van der Waals surface area contributed by atoms with Crippen LogP contribution in [-0.4, -0.2) is 21.8 Å². The molecule has 0 bridgehead atoms. The van der Waals surface area contributed by atoms with E-state index in [4.69, 9.17) is 9.84 Å². The van der Waals surface area contributed by atoms with Crippen LogP contribution in [0.4, 0.5) is 0 Å². The number of halogens is 3. The van der Waals surface area contributed by atoms with Crippen molar-refractivity contribution in [2.75, 3.05) is 6.61 Å². The number of carboxylic acids is 1. The lowest BCUT2D eigenvalue weighted by atomic mass is 10.7. The highest BCUT2D eigenvalue weighted by Crippen LogP contribution is 2.22. The Bertz CT molecular complexity index is 168. The highest BCUT2D eigenvalue weighted by molar-refractivity contribution is 14.1. The largest absolute Gasteiger partial charge is 0.480 e. The van der Waals surface area contributed by atoms with Crippen LogP contribution < -0.4 is 0 Å². The van der Waals surface area contributed by atoms with Crippen LogP contribution >= 0.6 is 67.8 Å². The van der Waals surface area contributed by atoms with Gasteiger partial charge in [-0.2, -0.15) is 0 Å². The lowest BCUT2D eigenvalue weighted by Gasteiger charge is -2.07. The van der Waals surface area contributed by atoms with Crippen LogP contribution in [0.2, 0.25) is 0 Å². The van der Waals surface area contributed by atoms with Crippen molar-refractivity contribution in [1.82, 2.24) is 0 Å². The molecule has 0 heterocycles. The third-order valence-corrected chi connectivity index (χ3v) is 5.64. The topological polar surface area (TPSA) is 46.5 Å². The first kappa shape index (κ1) is 12.4. The van der Waals surface area contributed by atoms with Crippen molar-refractivity contribution in [3.05, 3.63) is 7.66 Å². The molecular weight excluding hydrogens is 489 g/mol. The van der Waals surface area contributed by atoms with Gasteiger partial charge in [0.1, 0.15) is 10.7 Å². The average Bonchev–Trinajstić information content (AvgIpc) is 1.98. The van der Waals surface area contributed by atoms with Crippen molar-refractivity contribution < 1.29 is 14.6 Å². The molecular formula is C5H5I3O3. The minimum atomic E-state index is -0.940. The first-order chi connectivity index (χ1) is 5.07. The number of hydrogen-bond acceptors (Lipinski definition) is 2. The quantitative estimate of drug-likeness (QED) is 0.484. The van der Waals surface area contributed by atoms with E-state index in [1.807, 2.05) is 26.7 Å². The van der Waals surface area contributed by atoms with E-state index in [0.29, 0.717) is 0 Å². The molecule has 0 aliphatic heterocycles. The summed E-state index contributed by atoms with van der Waals surface area (Å²) >= 11 is 6.23. The second kappa shape index (κ2) is 6.83. The molecule has 11 heavy (non-hydrogen) atoms. The van der Waals surface area contributed by atoms with Crippen LogP contribution in [0.1, 0.15) is 0 Å². The molecule has 0 aromatic heterocycles. The molecule has 0 aliphatic carbocycles. The first-order valence-corrected chi connectivity index (χ1v) is 6.08. The number of aliphatic carboxylic acids is 1. The lowest BCUT2D eigenvalue weighted by molar-refractivity contribution is -0.142. The van der Waals surface area contributed by atoms with E-state index < -0.39 is 5.97 Å². The van der Waals surface area contributed by atoms with Crippen LogP contribution in [0.25, 0.3) is 0 Å². The second-order valence-corrected chi connectivity index (χ2v) is 4.51. The maximum absolute atomic E-state index is 10.1. The Labute approximate surface area is 105 Å². The van der Waals surface area contributed by atoms with Crippen LogP contribution in [0.15, 0.2) is 7.66 Å². The van der Waals surface area contributed by atoms with E-state index in [1.54, 1.807) is 0 Å². The summed E-state index contributed by atoms with van der Waals surface area (Å²) in [6.07, 6.45) is 0. The molecule has 6 heteroatoms. The van der Waals surface area contributed by atoms with Gasteiger partial charge < -0.3 is 9.84 Å².